The van der Waals surface area contributed by atoms with Gasteiger partial charge in [-0.1, -0.05) is 19.1 Å². The Balaban J connectivity index is 2.60. The van der Waals surface area contributed by atoms with Gasteiger partial charge in [-0.2, -0.15) is 0 Å². The monoisotopic (exact) mass is 206 g/mol. The molecule has 0 atom stereocenters. The van der Waals surface area contributed by atoms with Crippen LogP contribution in [0.3, 0.4) is 0 Å². The Morgan fingerprint density at radius 2 is 2.13 bits per heavy atom. The van der Waals surface area contributed by atoms with Gasteiger partial charge in [-0.15, -0.1) is 0 Å². The molecule has 0 saturated carbocycles. The first-order valence-electron chi connectivity index (χ1n) is 5.28. The summed E-state index contributed by atoms with van der Waals surface area (Å²) in [5, 5.41) is 5.58. The maximum atomic E-state index is 11.4. The number of carbonyl (C=O) groups is 1. The van der Waals surface area contributed by atoms with Crippen LogP contribution in [0.4, 0.5) is 10.5 Å². The Labute approximate surface area is 90.9 Å². The van der Waals surface area contributed by atoms with Crippen molar-refractivity contribution in [1.29, 1.82) is 0 Å². The first-order valence-corrected chi connectivity index (χ1v) is 5.28. The lowest BCUT2D eigenvalue weighted by molar-refractivity contribution is 0.250. The molecule has 0 bridgehead atoms. The van der Waals surface area contributed by atoms with Crippen molar-refractivity contribution in [2.75, 3.05) is 5.32 Å². The molecule has 3 nitrogen and oxygen atoms in total. The number of anilines is 1. The van der Waals surface area contributed by atoms with Gasteiger partial charge in [-0.3, -0.25) is 0 Å². The lowest BCUT2D eigenvalue weighted by atomic mass is 10.1. The SMILES string of the molecule is CCc1cccc(NC(=O)NC(C)C)c1. The summed E-state index contributed by atoms with van der Waals surface area (Å²) < 4.78 is 0. The summed E-state index contributed by atoms with van der Waals surface area (Å²) in [6.45, 7) is 5.96. The van der Waals surface area contributed by atoms with E-state index < -0.39 is 0 Å². The van der Waals surface area contributed by atoms with Crippen molar-refractivity contribution in [3.05, 3.63) is 29.8 Å². The number of nitrogens with one attached hydrogen (secondary N) is 2. The molecule has 0 spiro atoms. The van der Waals surface area contributed by atoms with Gasteiger partial charge < -0.3 is 10.6 Å². The molecule has 0 aliphatic carbocycles. The van der Waals surface area contributed by atoms with Gasteiger partial charge in [0.05, 0.1) is 0 Å². The summed E-state index contributed by atoms with van der Waals surface area (Å²) in [5.74, 6) is 0. The van der Waals surface area contributed by atoms with E-state index in [-0.39, 0.29) is 12.1 Å². The number of urea groups is 1. The second kappa shape index (κ2) is 5.39. The highest BCUT2D eigenvalue weighted by molar-refractivity contribution is 5.89. The van der Waals surface area contributed by atoms with E-state index in [1.54, 1.807) is 0 Å². The molecule has 82 valence electrons. The summed E-state index contributed by atoms with van der Waals surface area (Å²) in [7, 11) is 0. The highest BCUT2D eigenvalue weighted by Gasteiger charge is 2.02. The van der Waals surface area contributed by atoms with Gasteiger partial charge in [0, 0.05) is 11.7 Å². The molecule has 1 aromatic carbocycles. The first kappa shape index (κ1) is 11.6. The van der Waals surface area contributed by atoms with Crippen molar-refractivity contribution in [3.63, 3.8) is 0 Å². The molecule has 0 aromatic heterocycles. The molecule has 0 saturated heterocycles. The molecule has 0 unspecified atom stereocenters. The number of benzene rings is 1. The summed E-state index contributed by atoms with van der Waals surface area (Å²) >= 11 is 0. The van der Waals surface area contributed by atoms with Crippen LogP contribution in [0.2, 0.25) is 0 Å². The standard InChI is InChI=1S/C12H18N2O/c1-4-10-6-5-7-11(8-10)14-12(15)13-9(2)3/h5-9H,4H2,1-3H3,(H2,13,14,15). The van der Waals surface area contributed by atoms with Crippen LogP contribution in [0.25, 0.3) is 0 Å². The predicted molar refractivity (Wildman–Crippen MR) is 63.1 cm³/mol. The van der Waals surface area contributed by atoms with E-state index in [2.05, 4.69) is 17.6 Å². The summed E-state index contributed by atoms with van der Waals surface area (Å²) in [4.78, 5) is 11.4. The average Bonchev–Trinajstić information content (AvgIpc) is 2.16. The van der Waals surface area contributed by atoms with Gasteiger partial charge in [0.1, 0.15) is 0 Å². The van der Waals surface area contributed by atoms with Crippen LogP contribution in [-0.4, -0.2) is 12.1 Å². The summed E-state index contributed by atoms with van der Waals surface area (Å²) in [5.41, 5.74) is 2.06. The van der Waals surface area contributed by atoms with Crippen molar-refractivity contribution in [1.82, 2.24) is 5.32 Å². The van der Waals surface area contributed by atoms with Crippen molar-refractivity contribution >= 4 is 11.7 Å². The smallest absolute Gasteiger partial charge is 0.319 e. The van der Waals surface area contributed by atoms with Crippen LogP contribution >= 0.6 is 0 Å². The molecule has 0 radical (unpaired) electrons. The van der Waals surface area contributed by atoms with Crippen molar-refractivity contribution in [2.45, 2.75) is 33.2 Å². The Hall–Kier alpha value is -1.51. The van der Waals surface area contributed by atoms with Crippen LogP contribution < -0.4 is 10.6 Å². The largest absolute Gasteiger partial charge is 0.336 e. The second-order valence-corrected chi connectivity index (χ2v) is 3.81. The fourth-order valence-electron chi connectivity index (χ4n) is 1.30. The van der Waals surface area contributed by atoms with Gasteiger partial charge in [-0.05, 0) is 38.0 Å². The minimum Gasteiger partial charge on any atom is -0.336 e. The Morgan fingerprint density at radius 1 is 1.40 bits per heavy atom. The molecule has 2 N–H and O–H groups in total. The van der Waals surface area contributed by atoms with Gasteiger partial charge in [0.2, 0.25) is 0 Å². The number of hydrogen-bond donors (Lipinski definition) is 2. The Bertz CT molecular complexity index is 334. The summed E-state index contributed by atoms with van der Waals surface area (Å²) in [6.07, 6.45) is 0.974. The molecule has 2 amide bonds. The van der Waals surface area contributed by atoms with E-state index in [9.17, 15) is 4.79 Å². The minimum absolute atomic E-state index is 0.152. The minimum atomic E-state index is -0.154. The number of rotatable bonds is 3. The lowest BCUT2D eigenvalue weighted by Crippen LogP contribution is -2.34. The Morgan fingerprint density at radius 3 is 2.73 bits per heavy atom. The van der Waals surface area contributed by atoms with Crippen LogP contribution in [0.5, 0.6) is 0 Å². The van der Waals surface area contributed by atoms with E-state index in [4.69, 9.17) is 0 Å². The van der Waals surface area contributed by atoms with Crippen LogP contribution in [0, 0.1) is 0 Å². The molecular weight excluding hydrogens is 188 g/mol. The zero-order valence-corrected chi connectivity index (χ0v) is 9.50. The quantitative estimate of drug-likeness (QED) is 0.784. The van der Waals surface area contributed by atoms with Gasteiger partial charge in [0.25, 0.3) is 0 Å². The van der Waals surface area contributed by atoms with E-state index in [1.807, 2.05) is 38.1 Å². The molecule has 3 heteroatoms. The van der Waals surface area contributed by atoms with E-state index in [0.29, 0.717) is 0 Å². The maximum Gasteiger partial charge on any atom is 0.319 e. The van der Waals surface area contributed by atoms with Crippen molar-refractivity contribution < 1.29 is 4.79 Å². The molecule has 1 rings (SSSR count). The topological polar surface area (TPSA) is 41.1 Å². The number of hydrogen-bond acceptors (Lipinski definition) is 1. The summed E-state index contributed by atoms with van der Waals surface area (Å²) in [6, 6.07) is 7.87. The number of aryl methyl sites for hydroxylation is 1. The predicted octanol–water partition coefficient (Wildman–Crippen LogP) is 2.78. The molecule has 15 heavy (non-hydrogen) atoms. The van der Waals surface area contributed by atoms with Gasteiger partial charge >= 0.3 is 6.03 Å². The third-order valence-electron chi connectivity index (χ3n) is 2.01. The maximum absolute atomic E-state index is 11.4. The van der Waals surface area contributed by atoms with Crippen LogP contribution in [0.15, 0.2) is 24.3 Å². The van der Waals surface area contributed by atoms with E-state index in [0.717, 1.165) is 12.1 Å². The van der Waals surface area contributed by atoms with Gasteiger partial charge in [-0.25, -0.2) is 4.79 Å². The fraction of sp³-hybridized carbons (Fsp3) is 0.417. The molecule has 1 aromatic rings. The van der Waals surface area contributed by atoms with Crippen molar-refractivity contribution in [3.8, 4) is 0 Å². The van der Waals surface area contributed by atoms with E-state index in [1.165, 1.54) is 5.56 Å². The number of carbonyl (C=O) groups excluding carboxylic acids is 1. The van der Waals surface area contributed by atoms with E-state index >= 15 is 0 Å². The third kappa shape index (κ3) is 4.02. The lowest BCUT2D eigenvalue weighted by Gasteiger charge is -2.10. The van der Waals surface area contributed by atoms with Crippen molar-refractivity contribution in [2.24, 2.45) is 0 Å². The van der Waals surface area contributed by atoms with Crippen LogP contribution in [0.1, 0.15) is 26.3 Å². The fourth-order valence-corrected chi connectivity index (χ4v) is 1.30. The third-order valence-corrected chi connectivity index (χ3v) is 2.01. The zero-order valence-electron chi connectivity index (χ0n) is 9.50. The molecule has 0 fully saturated rings. The molecule has 0 aliphatic rings. The second-order valence-electron chi connectivity index (χ2n) is 3.81. The Kier molecular flexibility index (Phi) is 4.16. The highest BCUT2D eigenvalue weighted by Crippen LogP contribution is 2.10. The molecule has 0 heterocycles. The number of amides is 2. The van der Waals surface area contributed by atoms with Crippen LogP contribution in [-0.2, 0) is 6.42 Å². The normalized spacial score (nSPS) is 10.1. The highest BCUT2D eigenvalue weighted by atomic mass is 16.2. The molecule has 0 aliphatic heterocycles. The molecular formula is C12H18N2O. The first-order chi connectivity index (χ1) is 7.11. The zero-order chi connectivity index (χ0) is 11.3. The average molecular weight is 206 g/mol. The van der Waals surface area contributed by atoms with Gasteiger partial charge in [0.15, 0.2) is 0 Å².